The van der Waals surface area contributed by atoms with E-state index < -0.39 is 0 Å². The van der Waals surface area contributed by atoms with Gasteiger partial charge < -0.3 is 14.2 Å². The Morgan fingerprint density at radius 1 is 1.30 bits per heavy atom. The van der Waals surface area contributed by atoms with Crippen LogP contribution in [-0.2, 0) is 6.54 Å². The van der Waals surface area contributed by atoms with Crippen molar-refractivity contribution in [2.75, 3.05) is 13.7 Å². The van der Waals surface area contributed by atoms with Crippen molar-refractivity contribution in [2.24, 2.45) is 0 Å². The molecule has 0 unspecified atom stereocenters. The molecule has 0 N–H and O–H groups in total. The topological polar surface area (TPSA) is 55.6 Å². The zero-order chi connectivity index (χ0) is 17.0. The van der Waals surface area contributed by atoms with Gasteiger partial charge in [-0.1, -0.05) is 31.1 Å². The molecule has 0 bridgehead atoms. The Balaban J connectivity index is 2.23. The number of benzene rings is 1. The standard InChI is InChI=1S/C18H24N2O3/c1-6-20(11-14-7-9-15(22-5)10-8-14)18(21)16-13(4)19-23-17(16)12(2)3/h7-10,12H,6,11H2,1-5H3. The van der Waals surface area contributed by atoms with Crippen molar-refractivity contribution >= 4 is 5.91 Å². The normalized spacial score (nSPS) is 10.9. The van der Waals surface area contributed by atoms with Crippen molar-refractivity contribution in [2.45, 2.75) is 40.2 Å². The number of hydrogen-bond donors (Lipinski definition) is 0. The van der Waals surface area contributed by atoms with Gasteiger partial charge >= 0.3 is 0 Å². The lowest BCUT2D eigenvalue weighted by atomic mass is 10.0. The van der Waals surface area contributed by atoms with Gasteiger partial charge in [0.15, 0.2) is 5.76 Å². The second-order valence-electron chi connectivity index (χ2n) is 5.83. The molecule has 124 valence electrons. The molecule has 0 aliphatic rings. The minimum absolute atomic E-state index is 0.0363. The van der Waals surface area contributed by atoms with E-state index >= 15 is 0 Å². The van der Waals surface area contributed by atoms with Gasteiger partial charge in [0.05, 0.1) is 12.8 Å². The van der Waals surface area contributed by atoms with Crippen LogP contribution in [0.3, 0.4) is 0 Å². The minimum Gasteiger partial charge on any atom is -0.497 e. The number of amides is 1. The number of aryl methyl sites for hydroxylation is 1. The van der Waals surface area contributed by atoms with Crippen LogP contribution < -0.4 is 4.74 Å². The fourth-order valence-corrected chi connectivity index (χ4v) is 2.48. The third-order valence-electron chi connectivity index (χ3n) is 3.83. The Morgan fingerprint density at radius 2 is 1.96 bits per heavy atom. The lowest BCUT2D eigenvalue weighted by molar-refractivity contribution is 0.0749. The quantitative estimate of drug-likeness (QED) is 0.814. The van der Waals surface area contributed by atoms with Crippen LogP contribution in [0.25, 0.3) is 0 Å². The van der Waals surface area contributed by atoms with Gasteiger partial charge in [0.2, 0.25) is 0 Å². The third kappa shape index (κ3) is 3.73. The van der Waals surface area contributed by atoms with Gasteiger partial charge in [-0.15, -0.1) is 0 Å². The highest BCUT2D eigenvalue weighted by Gasteiger charge is 2.26. The van der Waals surface area contributed by atoms with Crippen molar-refractivity contribution in [3.63, 3.8) is 0 Å². The number of nitrogens with zero attached hydrogens (tertiary/aromatic N) is 2. The molecule has 0 saturated heterocycles. The average molecular weight is 316 g/mol. The second-order valence-corrected chi connectivity index (χ2v) is 5.83. The summed E-state index contributed by atoms with van der Waals surface area (Å²) in [7, 11) is 1.64. The molecule has 0 fully saturated rings. The SMILES string of the molecule is CCN(Cc1ccc(OC)cc1)C(=O)c1c(C)noc1C(C)C. The lowest BCUT2D eigenvalue weighted by Crippen LogP contribution is -2.31. The summed E-state index contributed by atoms with van der Waals surface area (Å²) >= 11 is 0. The van der Waals surface area contributed by atoms with Crippen molar-refractivity contribution in [1.29, 1.82) is 0 Å². The summed E-state index contributed by atoms with van der Waals surface area (Å²) in [6.45, 7) is 8.94. The van der Waals surface area contributed by atoms with Crippen LogP contribution in [-0.4, -0.2) is 29.6 Å². The molecule has 1 heterocycles. The van der Waals surface area contributed by atoms with E-state index in [2.05, 4.69) is 5.16 Å². The highest BCUT2D eigenvalue weighted by molar-refractivity contribution is 5.96. The van der Waals surface area contributed by atoms with Crippen LogP contribution in [0.1, 0.15) is 54.1 Å². The van der Waals surface area contributed by atoms with E-state index in [4.69, 9.17) is 9.26 Å². The van der Waals surface area contributed by atoms with Crippen LogP contribution >= 0.6 is 0 Å². The highest BCUT2D eigenvalue weighted by Crippen LogP contribution is 2.24. The molecule has 2 rings (SSSR count). The van der Waals surface area contributed by atoms with Crippen molar-refractivity contribution in [1.82, 2.24) is 10.1 Å². The lowest BCUT2D eigenvalue weighted by Gasteiger charge is -2.21. The Hall–Kier alpha value is -2.30. The summed E-state index contributed by atoms with van der Waals surface area (Å²) in [5, 5.41) is 3.97. The Bertz CT molecular complexity index is 659. The van der Waals surface area contributed by atoms with Gasteiger partial charge in [0, 0.05) is 19.0 Å². The zero-order valence-electron chi connectivity index (χ0n) is 14.4. The van der Waals surface area contributed by atoms with Crippen molar-refractivity contribution < 1.29 is 14.1 Å². The molecule has 0 atom stereocenters. The maximum absolute atomic E-state index is 12.9. The van der Waals surface area contributed by atoms with Crippen LogP contribution in [0.5, 0.6) is 5.75 Å². The van der Waals surface area contributed by atoms with E-state index in [1.807, 2.05) is 52.0 Å². The average Bonchev–Trinajstić information content (AvgIpc) is 2.94. The van der Waals surface area contributed by atoms with E-state index in [9.17, 15) is 4.79 Å². The second kappa shape index (κ2) is 7.31. The highest BCUT2D eigenvalue weighted by atomic mass is 16.5. The number of rotatable bonds is 6. The monoisotopic (exact) mass is 316 g/mol. The molecule has 1 aromatic carbocycles. The van der Waals surface area contributed by atoms with Gasteiger partial charge in [0.1, 0.15) is 11.3 Å². The third-order valence-corrected chi connectivity index (χ3v) is 3.83. The molecule has 1 amide bonds. The van der Waals surface area contributed by atoms with Crippen molar-refractivity contribution in [3.8, 4) is 5.75 Å². The fourth-order valence-electron chi connectivity index (χ4n) is 2.48. The van der Waals surface area contributed by atoms with Crippen LogP contribution in [0.2, 0.25) is 0 Å². The first-order valence-corrected chi connectivity index (χ1v) is 7.86. The zero-order valence-corrected chi connectivity index (χ0v) is 14.4. The Labute approximate surface area is 137 Å². The first-order chi connectivity index (χ1) is 11.0. The molecule has 23 heavy (non-hydrogen) atoms. The first kappa shape index (κ1) is 17.1. The summed E-state index contributed by atoms with van der Waals surface area (Å²) in [5.41, 5.74) is 2.29. The summed E-state index contributed by atoms with van der Waals surface area (Å²) < 4.78 is 10.5. The number of carbonyl (C=O) groups is 1. The van der Waals surface area contributed by atoms with Gasteiger partial charge in [-0.25, -0.2) is 0 Å². The molecule has 5 heteroatoms. The van der Waals surface area contributed by atoms with Crippen molar-refractivity contribution in [3.05, 3.63) is 46.8 Å². The summed E-state index contributed by atoms with van der Waals surface area (Å²) in [4.78, 5) is 14.7. The van der Waals surface area contributed by atoms with E-state index in [-0.39, 0.29) is 11.8 Å². The fraction of sp³-hybridized carbons (Fsp3) is 0.444. The van der Waals surface area contributed by atoms with Crippen LogP contribution in [0, 0.1) is 6.92 Å². The molecule has 2 aromatic rings. The summed E-state index contributed by atoms with van der Waals surface area (Å²) in [5.74, 6) is 1.54. The maximum Gasteiger partial charge on any atom is 0.259 e. The number of carbonyl (C=O) groups excluding carboxylic acids is 1. The van der Waals surface area contributed by atoms with Gasteiger partial charge in [-0.3, -0.25) is 4.79 Å². The number of ether oxygens (including phenoxy) is 1. The molecule has 0 saturated carbocycles. The molecule has 5 nitrogen and oxygen atoms in total. The molecular weight excluding hydrogens is 292 g/mol. The molecular formula is C18H24N2O3. The predicted molar refractivity (Wildman–Crippen MR) is 88.7 cm³/mol. The molecule has 1 aromatic heterocycles. The largest absolute Gasteiger partial charge is 0.497 e. The van der Waals surface area contributed by atoms with Gasteiger partial charge in [-0.05, 0) is 31.5 Å². The summed E-state index contributed by atoms with van der Waals surface area (Å²) in [6, 6.07) is 7.74. The number of aromatic nitrogens is 1. The van der Waals surface area contributed by atoms with E-state index in [0.717, 1.165) is 11.3 Å². The smallest absolute Gasteiger partial charge is 0.259 e. The van der Waals surface area contributed by atoms with Gasteiger partial charge in [0.25, 0.3) is 5.91 Å². The maximum atomic E-state index is 12.9. The van der Waals surface area contributed by atoms with E-state index in [1.165, 1.54) is 0 Å². The van der Waals surface area contributed by atoms with E-state index in [0.29, 0.717) is 30.1 Å². The molecule has 0 aliphatic carbocycles. The molecule has 0 radical (unpaired) electrons. The number of methoxy groups -OCH3 is 1. The molecule has 0 spiro atoms. The van der Waals surface area contributed by atoms with Crippen LogP contribution in [0.4, 0.5) is 0 Å². The van der Waals surface area contributed by atoms with Crippen LogP contribution in [0.15, 0.2) is 28.8 Å². The minimum atomic E-state index is -0.0363. The Morgan fingerprint density at radius 3 is 2.48 bits per heavy atom. The van der Waals surface area contributed by atoms with E-state index in [1.54, 1.807) is 12.0 Å². The Kier molecular flexibility index (Phi) is 5.42. The number of hydrogen-bond acceptors (Lipinski definition) is 4. The predicted octanol–water partition coefficient (Wildman–Crippen LogP) is 3.78. The first-order valence-electron chi connectivity index (χ1n) is 7.86. The van der Waals surface area contributed by atoms with Gasteiger partial charge in [-0.2, -0.15) is 0 Å². The summed E-state index contributed by atoms with van der Waals surface area (Å²) in [6.07, 6.45) is 0. The molecule has 0 aliphatic heterocycles.